The highest BCUT2D eigenvalue weighted by molar-refractivity contribution is 7.13. The molecule has 0 radical (unpaired) electrons. The van der Waals surface area contributed by atoms with Crippen molar-refractivity contribution >= 4 is 56.0 Å². The number of hydrogen-bond donors (Lipinski definition) is 3. The largest absolute Gasteiger partial charge is 0.388 e. The molecule has 1 aliphatic heterocycles. The molecule has 70 heavy (non-hydrogen) atoms. The Bertz CT molecular complexity index is 3410. The monoisotopic (exact) mass is 954 g/mol. The van der Waals surface area contributed by atoms with Crippen LogP contribution in [0, 0.1) is 6.92 Å². The number of aliphatic hydroxyl groups is 1. The number of nitrogens with one attached hydrogen (secondary N) is 2. The summed E-state index contributed by atoms with van der Waals surface area (Å²) < 4.78 is 7.26. The highest BCUT2D eigenvalue weighted by atomic mass is 32.1. The quantitative estimate of drug-likeness (QED) is 0.0816. The van der Waals surface area contributed by atoms with Gasteiger partial charge in [-0.25, -0.2) is 4.98 Å². The van der Waals surface area contributed by atoms with Crippen LogP contribution in [0.5, 0.6) is 0 Å². The molecule has 1 aliphatic rings. The molecule has 0 spiro atoms. The predicted molar refractivity (Wildman–Crippen MR) is 277 cm³/mol. The molecule has 15 heteroatoms. The normalized spacial score (nSPS) is 14.2. The number of carbonyl (C=O) groups is 2. The number of fused-ring (bicyclic) bond motifs is 4. The number of hydrogen-bond acceptors (Lipinski definition) is 9. The number of piperidine rings is 1. The second-order valence-electron chi connectivity index (χ2n) is 18.8. The highest BCUT2D eigenvalue weighted by Crippen LogP contribution is 2.35. The van der Waals surface area contributed by atoms with Crippen molar-refractivity contribution in [1.82, 2.24) is 49.2 Å². The number of aryl methyl sites for hydroxylation is 3. The van der Waals surface area contributed by atoms with Gasteiger partial charge in [0.15, 0.2) is 5.52 Å². The zero-order valence-electron chi connectivity index (χ0n) is 40.1. The van der Waals surface area contributed by atoms with Gasteiger partial charge in [0.1, 0.15) is 5.52 Å². The number of carbonyl (C=O) groups excluding carboxylic acids is 2. The topological polar surface area (TPSA) is 157 Å². The number of rotatable bonds is 16. The summed E-state index contributed by atoms with van der Waals surface area (Å²) in [6.07, 6.45) is 5.96. The van der Waals surface area contributed by atoms with Crippen LogP contribution in [0.2, 0.25) is 0 Å². The lowest BCUT2D eigenvalue weighted by Crippen LogP contribution is -2.49. The van der Waals surface area contributed by atoms with Gasteiger partial charge in [-0.15, -0.1) is 11.3 Å². The fourth-order valence-corrected chi connectivity index (χ4v) is 10.8. The zero-order valence-corrected chi connectivity index (χ0v) is 40.9. The average molecular weight is 955 g/mol. The molecule has 1 fully saturated rings. The van der Waals surface area contributed by atoms with Gasteiger partial charge in [-0.2, -0.15) is 10.2 Å². The van der Waals surface area contributed by atoms with Crippen LogP contribution in [0.15, 0.2) is 126 Å². The number of nitrogens with zero attached hydrogens (tertiary/aromatic N) is 8. The fraction of sp³-hybridized carbons (Fsp3) is 0.309. The number of benzene rings is 4. The van der Waals surface area contributed by atoms with E-state index in [4.69, 9.17) is 0 Å². The van der Waals surface area contributed by atoms with Crippen molar-refractivity contribution < 1.29 is 14.7 Å². The summed E-state index contributed by atoms with van der Waals surface area (Å²) in [6, 6.07) is 33.5. The van der Waals surface area contributed by atoms with Crippen LogP contribution in [0.25, 0.3) is 54.5 Å². The van der Waals surface area contributed by atoms with Crippen LogP contribution in [0.1, 0.15) is 71.6 Å². The average Bonchev–Trinajstić information content (AvgIpc) is 4.18. The summed E-state index contributed by atoms with van der Waals surface area (Å²) in [5.41, 5.74) is 9.47. The van der Waals surface area contributed by atoms with E-state index in [0.717, 1.165) is 23.2 Å². The Hall–Kier alpha value is -7.20. The molecular formula is C55H58N10O4S. The Labute approximate surface area is 410 Å². The first kappa shape index (κ1) is 46.5. The third-order valence-electron chi connectivity index (χ3n) is 13.9. The van der Waals surface area contributed by atoms with Crippen molar-refractivity contribution in [2.45, 2.75) is 84.3 Å². The summed E-state index contributed by atoms with van der Waals surface area (Å²) in [7, 11) is 1.78. The standard InChI is InChI=1S/C55H58N10O4S/c1-5-65-46-18-13-39(27-45(46)44-17-16-42(28-47(44)65)48-25-36(2)33-70-48)29-56-21-24-64-32-43(31-59-64)53(67)57-30-38-11-14-41(15-12-38)52-50-51(60-61(52)4)54(68)63(35-58-50)34-55(69)19-22-62(23-20-55)49(66)26-37(3)40-9-7-6-8-10-40/h6-18,25,27-28,31-33,35,37,56,69H,5,19-24,26,29-30,34H2,1-4H3,(H,57,67)/t37-/m1/s1. The van der Waals surface area contributed by atoms with E-state index in [0.29, 0.717) is 75.3 Å². The summed E-state index contributed by atoms with van der Waals surface area (Å²) in [5.74, 6) is -0.0470. The molecule has 3 N–H and O–H groups in total. The van der Waals surface area contributed by atoms with E-state index in [1.165, 1.54) is 54.3 Å². The first-order chi connectivity index (χ1) is 33.9. The van der Waals surface area contributed by atoms with Gasteiger partial charge in [0.2, 0.25) is 5.91 Å². The van der Waals surface area contributed by atoms with E-state index in [9.17, 15) is 19.5 Å². The Morgan fingerprint density at radius 2 is 1.66 bits per heavy atom. The molecule has 358 valence electrons. The summed E-state index contributed by atoms with van der Waals surface area (Å²) in [5, 5.41) is 31.8. The van der Waals surface area contributed by atoms with Crippen LogP contribution in [0.4, 0.5) is 0 Å². The molecule has 4 aromatic carbocycles. The summed E-state index contributed by atoms with van der Waals surface area (Å²) in [6.45, 7) is 10.5. The number of amides is 2. The van der Waals surface area contributed by atoms with Crippen molar-refractivity contribution in [2.75, 3.05) is 19.6 Å². The first-order valence-electron chi connectivity index (χ1n) is 24.1. The molecule has 0 aliphatic carbocycles. The lowest BCUT2D eigenvalue weighted by Gasteiger charge is -2.38. The molecule has 0 unspecified atom stereocenters. The molecule has 1 saturated heterocycles. The molecule has 1 atom stereocenters. The molecule has 10 rings (SSSR count). The predicted octanol–water partition coefficient (Wildman–Crippen LogP) is 8.43. The first-order valence-corrected chi connectivity index (χ1v) is 25.0. The van der Waals surface area contributed by atoms with Gasteiger partial charge in [0.25, 0.3) is 11.5 Å². The van der Waals surface area contributed by atoms with Gasteiger partial charge >= 0.3 is 0 Å². The fourth-order valence-electron chi connectivity index (χ4n) is 9.90. The van der Waals surface area contributed by atoms with Gasteiger partial charge < -0.3 is 25.2 Å². The van der Waals surface area contributed by atoms with Gasteiger partial charge in [-0.05, 0) is 90.1 Å². The molecule has 0 saturated carbocycles. The Morgan fingerprint density at radius 1 is 0.886 bits per heavy atom. The van der Waals surface area contributed by atoms with Crippen LogP contribution >= 0.6 is 11.3 Å². The third-order valence-corrected chi connectivity index (χ3v) is 15.0. The molecule has 5 aromatic heterocycles. The SMILES string of the molecule is CCn1c2ccc(CNCCn3cc(C(=O)NCc4ccc(-c5c6ncn(CC7(O)CCN(C(=O)C[C@@H](C)c8ccccc8)CC7)c(=O)c6nn5C)cc4)cn3)cc2c2ccc(-c3cc(C)cs3)cc21. The minimum atomic E-state index is -1.16. The number of likely N-dealkylation sites (tertiary alicyclic amines) is 1. The van der Waals surface area contributed by atoms with Crippen molar-refractivity contribution in [3.05, 3.63) is 159 Å². The van der Waals surface area contributed by atoms with E-state index in [1.807, 2.05) is 59.5 Å². The zero-order chi connectivity index (χ0) is 48.5. The summed E-state index contributed by atoms with van der Waals surface area (Å²) in [4.78, 5) is 47.8. The Balaban J connectivity index is 0.703. The lowest BCUT2D eigenvalue weighted by molar-refractivity contribution is -0.136. The Kier molecular flexibility index (Phi) is 13.1. The van der Waals surface area contributed by atoms with E-state index in [1.54, 1.807) is 40.1 Å². The summed E-state index contributed by atoms with van der Waals surface area (Å²) >= 11 is 1.79. The Morgan fingerprint density at radius 3 is 2.41 bits per heavy atom. The molecule has 2 amide bonds. The maximum absolute atomic E-state index is 13.7. The second kappa shape index (κ2) is 19.7. The van der Waals surface area contributed by atoms with E-state index < -0.39 is 5.60 Å². The second-order valence-corrected chi connectivity index (χ2v) is 19.7. The van der Waals surface area contributed by atoms with Gasteiger partial charge in [0, 0.05) is 91.2 Å². The van der Waals surface area contributed by atoms with Crippen LogP contribution in [-0.2, 0) is 44.6 Å². The molecular weight excluding hydrogens is 897 g/mol. The van der Waals surface area contributed by atoms with Crippen molar-refractivity contribution in [1.29, 1.82) is 0 Å². The van der Waals surface area contributed by atoms with Gasteiger partial charge in [0.05, 0.1) is 42.5 Å². The van der Waals surface area contributed by atoms with Gasteiger partial charge in [-0.1, -0.05) is 79.7 Å². The third kappa shape index (κ3) is 9.56. The molecule has 0 bridgehead atoms. The van der Waals surface area contributed by atoms with Crippen LogP contribution in [0.3, 0.4) is 0 Å². The van der Waals surface area contributed by atoms with E-state index in [-0.39, 0.29) is 35.4 Å². The lowest BCUT2D eigenvalue weighted by atomic mass is 9.90. The highest BCUT2D eigenvalue weighted by Gasteiger charge is 2.35. The molecule has 9 aromatic rings. The maximum Gasteiger partial charge on any atom is 0.281 e. The van der Waals surface area contributed by atoms with E-state index >= 15 is 0 Å². The van der Waals surface area contributed by atoms with Crippen molar-refractivity contribution in [3.8, 4) is 21.7 Å². The van der Waals surface area contributed by atoms with E-state index in [2.05, 4.69) is 99.0 Å². The van der Waals surface area contributed by atoms with Crippen molar-refractivity contribution in [2.24, 2.45) is 7.05 Å². The van der Waals surface area contributed by atoms with Crippen molar-refractivity contribution in [3.63, 3.8) is 0 Å². The smallest absolute Gasteiger partial charge is 0.281 e. The number of aromatic nitrogens is 7. The van der Waals surface area contributed by atoms with Gasteiger partial charge in [-0.3, -0.25) is 28.3 Å². The molecule has 6 heterocycles. The van der Waals surface area contributed by atoms with Crippen LogP contribution in [-0.4, -0.2) is 80.7 Å². The number of thiophene rings is 1. The minimum Gasteiger partial charge on any atom is -0.388 e. The molecule has 14 nitrogen and oxygen atoms in total. The maximum atomic E-state index is 13.7. The van der Waals surface area contributed by atoms with Crippen LogP contribution < -0.4 is 16.2 Å². The minimum absolute atomic E-state index is 0.0600.